The van der Waals surface area contributed by atoms with Crippen LogP contribution in [0, 0.1) is 18.7 Å². The van der Waals surface area contributed by atoms with Crippen molar-refractivity contribution in [3.63, 3.8) is 0 Å². The zero-order chi connectivity index (χ0) is 16.4. The van der Waals surface area contributed by atoms with Crippen LogP contribution in [-0.4, -0.2) is 32.8 Å². The van der Waals surface area contributed by atoms with Crippen molar-refractivity contribution in [1.29, 1.82) is 0 Å². The summed E-state index contributed by atoms with van der Waals surface area (Å²) in [5.41, 5.74) is -0.211. The lowest BCUT2D eigenvalue weighted by atomic mass is 10.1. The van der Waals surface area contributed by atoms with E-state index < -0.39 is 20.8 Å². The van der Waals surface area contributed by atoms with E-state index in [0.717, 1.165) is 18.6 Å². The highest BCUT2D eigenvalue weighted by molar-refractivity contribution is 8.13. The van der Waals surface area contributed by atoms with Gasteiger partial charge in [0.15, 0.2) is 0 Å². The summed E-state index contributed by atoms with van der Waals surface area (Å²) < 4.78 is 36.9. The van der Waals surface area contributed by atoms with Gasteiger partial charge in [0, 0.05) is 24.3 Å². The molecule has 0 aliphatic heterocycles. The van der Waals surface area contributed by atoms with Crippen LogP contribution < -0.4 is 0 Å². The van der Waals surface area contributed by atoms with Crippen molar-refractivity contribution in [2.24, 2.45) is 5.92 Å². The number of hydrogen-bond donors (Lipinski definition) is 0. The van der Waals surface area contributed by atoms with E-state index in [9.17, 15) is 17.6 Å². The lowest BCUT2D eigenvalue weighted by Gasteiger charge is -2.21. The van der Waals surface area contributed by atoms with E-state index in [1.807, 2.05) is 13.8 Å². The molecule has 1 unspecified atom stereocenters. The zero-order valence-corrected chi connectivity index (χ0v) is 14.1. The molecule has 0 fully saturated rings. The van der Waals surface area contributed by atoms with Gasteiger partial charge in [0.25, 0.3) is 15.0 Å². The fraction of sp³-hybridized carbons (Fsp3) is 0.500. The minimum Gasteiger partial charge on any atom is -0.341 e. The first-order valence-electron chi connectivity index (χ1n) is 6.58. The molecule has 7 heteroatoms. The van der Waals surface area contributed by atoms with E-state index in [1.165, 1.54) is 11.8 Å². The average molecular weight is 336 g/mol. The molecule has 0 aliphatic carbocycles. The van der Waals surface area contributed by atoms with Crippen molar-refractivity contribution < 1.29 is 17.6 Å². The Kier molecular flexibility index (Phi) is 5.75. The van der Waals surface area contributed by atoms with Gasteiger partial charge in [-0.1, -0.05) is 20.3 Å². The summed E-state index contributed by atoms with van der Waals surface area (Å²) >= 11 is 0. The molecule has 1 aromatic carbocycles. The van der Waals surface area contributed by atoms with Crippen molar-refractivity contribution in [2.75, 3.05) is 13.6 Å². The Hall–Kier alpha value is -1.14. The highest BCUT2D eigenvalue weighted by atomic mass is 35.7. The monoisotopic (exact) mass is 335 g/mol. The number of aryl methyl sites for hydroxylation is 1. The first-order chi connectivity index (χ1) is 9.57. The van der Waals surface area contributed by atoms with Crippen LogP contribution in [0.2, 0.25) is 0 Å². The van der Waals surface area contributed by atoms with E-state index in [-0.39, 0.29) is 21.9 Å². The Balaban J connectivity index is 3.23. The molecular formula is C14H19ClFNO3S. The van der Waals surface area contributed by atoms with Gasteiger partial charge in [0.05, 0.1) is 10.5 Å². The largest absolute Gasteiger partial charge is 0.341 e. The van der Waals surface area contributed by atoms with Gasteiger partial charge in [-0.05, 0) is 30.5 Å². The van der Waals surface area contributed by atoms with Crippen LogP contribution in [0.4, 0.5) is 4.39 Å². The van der Waals surface area contributed by atoms with Crippen LogP contribution in [-0.2, 0) is 9.05 Å². The molecule has 0 saturated heterocycles. The second-order valence-electron chi connectivity index (χ2n) is 5.24. The second-order valence-corrected chi connectivity index (χ2v) is 7.80. The minimum atomic E-state index is -4.02. The fourth-order valence-electron chi connectivity index (χ4n) is 1.92. The summed E-state index contributed by atoms with van der Waals surface area (Å²) in [5.74, 6) is -1.01. The molecule has 118 valence electrons. The number of halogens is 2. The maximum atomic E-state index is 14.1. The van der Waals surface area contributed by atoms with Crippen molar-refractivity contribution in [3.05, 3.63) is 29.1 Å². The molecule has 1 aromatic rings. The normalized spacial score (nSPS) is 13.0. The summed E-state index contributed by atoms with van der Waals surface area (Å²) in [6.45, 7) is 5.83. The SMILES string of the molecule is CCC(C)CN(C)C(=O)c1cc(S(=O)(=O)Cl)cc(C)c1F. The first kappa shape index (κ1) is 17.9. The van der Waals surface area contributed by atoms with Gasteiger partial charge in [-0.15, -0.1) is 0 Å². The molecule has 1 atom stereocenters. The number of nitrogens with zero attached hydrogens (tertiary/aromatic N) is 1. The van der Waals surface area contributed by atoms with Gasteiger partial charge >= 0.3 is 0 Å². The Morgan fingerprint density at radius 3 is 2.48 bits per heavy atom. The van der Waals surface area contributed by atoms with Crippen molar-refractivity contribution in [2.45, 2.75) is 32.1 Å². The van der Waals surface area contributed by atoms with Gasteiger partial charge < -0.3 is 4.90 Å². The van der Waals surface area contributed by atoms with Crippen molar-refractivity contribution in [1.82, 2.24) is 4.90 Å². The maximum Gasteiger partial charge on any atom is 0.261 e. The van der Waals surface area contributed by atoms with E-state index in [2.05, 4.69) is 0 Å². The fourth-order valence-corrected chi connectivity index (χ4v) is 2.76. The van der Waals surface area contributed by atoms with Gasteiger partial charge in [-0.2, -0.15) is 0 Å². The summed E-state index contributed by atoms with van der Waals surface area (Å²) in [4.78, 5) is 13.4. The highest BCUT2D eigenvalue weighted by Gasteiger charge is 2.22. The number of hydrogen-bond acceptors (Lipinski definition) is 3. The molecule has 1 rings (SSSR count). The molecule has 0 saturated carbocycles. The lowest BCUT2D eigenvalue weighted by molar-refractivity contribution is 0.0769. The Morgan fingerprint density at radius 2 is 2.00 bits per heavy atom. The van der Waals surface area contributed by atoms with Crippen LogP contribution >= 0.6 is 10.7 Å². The molecule has 0 aromatic heterocycles. The standard InChI is InChI=1S/C14H19ClFNO3S/c1-5-9(2)8-17(4)14(18)12-7-11(21(15,19)20)6-10(3)13(12)16/h6-7,9H,5,8H2,1-4H3. The number of amides is 1. The summed E-state index contributed by atoms with van der Waals surface area (Å²) in [6.07, 6.45) is 0.884. The van der Waals surface area contributed by atoms with E-state index in [4.69, 9.17) is 10.7 Å². The maximum absolute atomic E-state index is 14.1. The molecule has 0 N–H and O–H groups in total. The minimum absolute atomic E-state index is 0.0667. The van der Waals surface area contributed by atoms with Crippen LogP contribution in [0.1, 0.15) is 36.2 Å². The topological polar surface area (TPSA) is 54.5 Å². The van der Waals surface area contributed by atoms with Crippen LogP contribution in [0.15, 0.2) is 17.0 Å². The van der Waals surface area contributed by atoms with Crippen LogP contribution in [0.25, 0.3) is 0 Å². The van der Waals surface area contributed by atoms with E-state index in [1.54, 1.807) is 7.05 Å². The van der Waals surface area contributed by atoms with Crippen LogP contribution in [0.5, 0.6) is 0 Å². The molecule has 0 spiro atoms. The van der Waals surface area contributed by atoms with Gasteiger partial charge in [-0.3, -0.25) is 4.79 Å². The molecule has 4 nitrogen and oxygen atoms in total. The Bertz CT molecular complexity index is 646. The molecular weight excluding hydrogens is 317 g/mol. The lowest BCUT2D eigenvalue weighted by Crippen LogP contribution is -2.31. The van der Waals surface area contributed by atoms with Crippen LogP contribution in [0.3, 0.4) is 0 Å². The van der Waals surface area contributed by atoms with Gasteiger partial charge in [-0.25, -0.2) is 12.8 Å². The molecule has 21 heavy (non-hydrogen) atoms. The molecule has 0 bridgehead atoms. The summed E-state index contributed by atoms with van der Waals surface area (Å²) in [7, 11) is 2.81. The Labute approximate surface area is 129 Å². The number of carbonyl (C=O) groups is 1. The zero-order valence-electron chi connectivity index (χ0n) is 12.5. The number of rotatable bonds is 5. The molecule has 0 heterocycles. The van der Waals surface area contributed by atoms with Gasteiger partial charge in [0.1, 0.15) is 5.82 Å². The second kappa shape index (κ2) is 6.75. The molecule has 0 aliphatic rings. The third-order valence-electron chi connectivity index (χ3n) is 3.37. The first-order valence-corrected chi connectivity index (χ1v) is 8.89. The quantitative estimate of drug-likeness (QED) is 0.776. The summed E-state index contributed by atoms with van der Waals surface area (Å²) in [5, 5.41) is 0. The summed E-state index contributed by atoms with van der Waals surface area (Å²) in [6, 6.07) is 2.10. The number of benzene rings is 1. The average Bonchev–Trinajstić information content (AvgIpc) is 2.39. The predicted octanol–water partition coefficient (Wildman–Crippen LogP) is 3.18. The van der Waals surface area contributed by atoms with E-state index >= 15 is 0 Å². The third kappa shape index (κ3) is 4.41. The molecule has 1 amide bonds. The molecule has 0 radical (unpaired) electrons. The van der Waals surface area contributed by atoms with E-state index in [0.29, 0.717) is 6.54 Å². The van der Waals surface area contributed by atoms with Crippen molar-refractivity contribution >= 4 is 25.6 Å². The third-order valence-corrected chi connectivity index (χ3v) is 4.70. The Morgan fingerprint density at radius 1 is 1.43 bits per heavy atom. The van der Waals surface area contributed by atoms with Gasteiger partial charge in [0.2, 0.25) is 0 Å². The smallest absolute Gasteiger partial charge is 0.261 e. The highest BCUT2D eigenvalue weighted by Crippen LogP contribution is 2.23. The predicted molar refractivity (Wildman–Crippen MR) is 80.6 cm³/mol. The van der Waals surface area contributed by atoms with Crippen molar-refractivity contribution in [3.8, 4) is 0 Å². The number of carbonyl (C=O) groups excluding carboxylic acids is 1.